The molecule has 0 aliphatic heterocycles. The van der Waals surface area contributed by atoms with Crippen molar-refractivity contribution < 1.29 is 30.0 Å². The molecule has 30 heavy (non-hydrogen) atoms. The van der Waals surface area contributed by atoms with E-state index in [4.69, 9.17) is 5.11 Å². The van der Waals surface area contributed by atoms with Crippen molar-refractivity contribution in [3.05, 3.63) is 109 Å². The molecular formula is C25H17IrN2O2-. The van der Waals surface area contributed by atoms with Crippen molar-refractivity contribution in [1.82, 2.24) is 9.97 Å². The van der Waals surface area contributed by atoms with Gasteiger partial charge in [-0.2, -0.15) is 0 Å². The molecule has 0 aliphatic rings. The summed E-state index contributed by atoms with van der Waals surface area (Å²) >= 11 is 0. The van der Waals surface area contributed by atoms with E-state index < -0.39 is 5.97 Å². The summed E-state index contributed by atoms with van der Waals surface area (Å²) in [4.78, 5) is 18.8. The monoisotopic (exact) mass is 570 g/mol. The van der Waals surface area contributed by atoms with Gasteiger partial charge in [-0.3, -0.25) is 0 Å². The van der Waals surface area contributed by atoms with Crippen LogP contribution in [0.5, 0.6) is 0 Å². The van der Waals surface area contributed by atoms with Gasteiger partial charge >= 0.3 is 5.97 Å². The van der Waals surface area contributed by atoms with Crippen LogP contribution in [0.15, 0.2) is 97.3 Å². The van der Waals surface area contributed by atoms with Gasteiger partial charge < -0.3 is 10.1 Å². The molecule has 2 heterocycles. The largest absolute Gasteiger partial charge is 0.477 e. The Labute approximate surface area is 187 Å². The number of aromatic nitrogens is 2. The molecule has 0 bridgehead atoms. The van der Waals surface area contributed by atoms with Gasteiger partial charge in [0.25, 0.3) is 0 Å². The van der Waals surface area contributed by atoms with E-state index in [0.29, 0.717) is 0 Å². The van der Waals surface area contributed by atoms with Crippen LogP contribution < -0.4 is 0 Å². The molecule has 149 valence electrons. The Morgan fingerprint density at radius 2 is 1.30 bits per heavy atom. The van der Waals surface area contributed by atoms with Crippen molar-refractivity contribution in [2.24, 2.45) is 0 Å². The fourth-order valence-electron chi connectivity index (χ4n) is 2.98. The van der Waals surface area contributed by atoms with Crippen molar-refractivity contribution >= 4 is 27.5 Å². The summed E-state index contributed by atoms with van der Waals surface area (Å²) in [5, 5.41) is 12.9. The normalized spacial score (nSPS) is 10.0. The van der Waals surface area contributed by atoms with Gasteiger partial charge in [0.15, 0.2) is 0 Å². The van der Waals surface area contributed by atoms with Crippen LogP contribution in [-0.2, 0) is 20.1 Å². The summed E-state index contributed by atoms with van der Waals surface area (Å²) in [5.74, 6) is -0.995. The number of rotatable bonds is 2. The van der Waals surface area contributed by atoms with Gasteiger partial charge in [-0.05, 0) is 27.9 Å². The van der Waals surface area contributed by atoms with Crippen LogP contribution in [0.1, 0.15) is 10.5 Å². The second-order valence-electron chi connectivity index (χ2n) is 6.41. The molecule has 2 aromatic heterocycles. The summed E-state index contributed by atoms with van der Waals surface area (Å²) in [6.45, 7) is 0. The third kappa shape index (κ3) is 4.95. The number of aromatic carboxylic acids is 1. The van der Waals surface area contributed by atoms with Gasteiger partial charge in [-0.1, -0.05) is 54.6 Å². The molecule has 4 nitrogen and oxygen atoms in total. The van der Waals surface area contributed by atoms with Crippen molar-refractivity contribution in [2.45, 2.75) is 0 Å². The first-order chi connectivity index (χ1) is 14.2. The summed E-state index contributed by atoms with van der Waals surface area (Å²) < 4.78 is 0. The molecule has 1 N–H and O–H groups in total. The molecule has 5 rings (SSSR count). The zero-order chi connectivity index (χ0) is 20.1. The van der Waals surface area contributed by atoms with E-state index in [0.717, 1.165) is 22.0 Å². The number of carbonyl (C=O) groups is 1. The van der Waals surface area contributed by atoms with E-state index >= 15 is 0 Å². The van der Waals surface area contributed by atoms with Crippen molar-refractivity contribution in [3.63, 3.8) is 0 Å². The molecule has 0 aliphatic carbocycles. The van der Waals surface area contributed by atoms with E-state index in [1.807, 2.05) is 66.9 Å². The van der Waals surface area contributed by atoms with E-state index in [9.17, 15) is 4.79 Å². The second-order valence-corrected chi connectivity index (χ2v) is 6.41. The summed E-state index contributed by atoms with van der Waals surface area (Å²) in [5.41, 5.74) is 2.09. The standard InChI is InChI=1S/C15H10N.C10H7NO2.Ir/c1-2-6-12(7-3-1)15-10-13-8-4-5-9-14(13)11-16-15;12-10(13)9-5-7-3-1-2-4-8(7)6-11-9;/h1-6,8-11H;1-6H,(H,12,13);/q-1;;. The maximum Gasteiger partial charge on any atom is 0.354 e. The van der Waals surface area contributed by atoms with E-state index in [1.54, 1.807) is 12.3 Å². The Morgan fingerprint density at radius 1 is 0.733 bits per heavy atom. The van der Waals surface area contributed by atoms with E-state index in [-0.39, 0.29) is 25.8 Å². The first-order valence-electron chi connectivity index (χ1n) is 9.11. The molecule has 0 spiro atoms. The van der Waals surface area contributed by atoms with Crippen LogP contribution in [0.4, 0.5) is 0 Å². The van der Waals surface area contributed by atoms with Gasteiger partial charge in [-0.25, -0.2) is 9.78 Å². The average Bonchev–Trinajstić information content (AvgIpc) is 2.79. The zero-order valence-corrected chi connectivity index (χ0v) is 18.2. The molecule has 0 amide bonds. The number of carboxylic acid groups (broad SMARTS) is 1. The Hall–Kier alpha value is -3.40. The fraction of sp³-hybridized carbons (Fsp3) is 0. The molecule has 0 atom stereocenters. The van der Waals surface area contributed by atoms with Crippen molar-refractivity contribution in [3.8, 4) is 11.3 Å². The first-order valence-corrected chi connectivity index (χ1v) is 9.11. The number of fused-ring (bicyclic) bond motifs is 2. The van der Waals surface area contributed by atoms with Crippen LogP contribution in [0.2, 0.25) is 0 Å². The van der Waals surface area contributed by atoms with Crippen LogP contribution >= 0.6 is 0 Å². The number of hydrogen-bond acceptors (Lipinski definition) is 3. The third-order valence-corrected chi connectivity index (χ3v) is 4.47. The van der Waals surface area contributed by atoms with Crippen LogP contribution in [0.3, 0.4) is 0 Å². The van der Waals surface area contributed by atoms with E-state index in [2.05, 4.69) is 34.2 Å². The number of hydrogen-bond donors (Lipinski definition) is 1. The van der Waals surface area contributed by atoms with Gasteiger partial charge in [0.2, 0.25) is 0 Å². The number of pyridine rings is 2. The molecule has 1 radical (unpaired) electrons. The molecule has 0 saturated carbocycles. The summed E-state index contributed by atoms with van der Waals surface area (Å²) in [6, 6.07) is 30.5. The predicted octanol–water partition coefficient (Wildman–Crippen LogP) is 5.63. The van der Waals surface area contributed by atoms with E-state index in [1.165, 1.54) is 10.8 Å². The molecule has 5 heteroatoms. The molecular weight excluding hydrogens is 553 g/mol. The molecule has 0 fully saturated rings. The number of carboxylic acids is 1. The molecule has 3 aromatic carbocycles. The topological polar surface area (TPSA) is 63.1 Å². The Bertz CT molecular complexity index is 1290. The minimum Gasteiger partial charge on any atom is -0.477 e. The Kier molecular flexibility index (Phi) is 7.02. The minimum atomic E-state index is -0.995. The number of benzene rings is 3. The van der Waals surface area contributed by atoms with Crippen LogP contribution in [0.25, 0.3) is 32.8 Å². The van der Waals surface area contributed by atoms with Crippen molar-refractivity contribution in [2.75, 3.05) is 0 Å². The van der Waals surface area contributed by atoms with Gasteiger partial charge in [0, 0.05) is 37.9 Å². The maximum atomic E-state index is 10.6. The maximum absolute atomic E-state index is 10.6. The predicted molar refractivity (Wildman–Crippen MR) is 115 cm³/mol. The zero-order valence-electron chi connectivity index (χ0n) is 15.8. The minimum absolute atomic E-state index is 0. The third-order valence-electron chi connectivity index (χ3n) is 4.47. The van der Waals surface area contributed by atoms with Crippen molar-refractivity contribution in [1.29, 1.82) is 0 Å². The van der Waals surface area contributed by atoms with Crippen LogP contribution in [0, 0.1) is 6.07 Å². The quantitative estimate of drug-likeness (QED) is 0.280. The van der Waals surface area contributed by atoms with Gasteiger partial charge in [-0.15, -0.1) is 35.9 Å². The number of nitrogens with zero attached hydrogens (tertiary/aromatic N) is 2. The first kappa shape index (κ1) is 21.3. The summed E-state index contributed by atoms with van der Waals surface area (Å²) in [6.07, 6.45) is 3.48. The SMILES string of the molecule is O=C(O)c1cc2ccccc2cn1.[Ir].[c-]1ccccc1-c1cc2ccccc2cn1. The average molecular weight is 570 g/mol. The van der Waals surface area contributed by atoms with Crippen LogP contribution in [-0.4, -0.2) is 21.0 Å². The summed E-state index contributed by atoms with van der Waals surface area (Å²) in [7, 11) is 0. The Balaban J connectivity index is 0.000000169. The Morgan fingerprint density at radius 3 is 1.90 bits per heavy atom. The van der Waals surface area contributed by atoms with Gasteiger partial charge in [0.1, 0.15) is 5.69 Å². The molecule has 5 aromatic rings. The second kappa shape index (κ2) is 9.88. The smallest absolute Gasteiger partial charge is 0.354 e. The molecule has 0 saturated heterocycles. The fourth-order valence-corrected chi connectivity index (χ4v) is 2.98. The van der Waals surface area contributed by atoms with Gasteiger partial charge in [0.05, 0.1) is 0 Å². The molecule has 0 unspecified atom stereocenters.